The van der Waals surface area contributed by atoms with Crippen LogP contribution in [0.5, 0.6) is 34.5 Å². The highest BCUT2D eigenvalue weighted by atomic mass is 16.7. The van der Waals surface area contributed by atoms with Gasteiger partial charge in [-0.2, -0.15) is 5.26 Å². The number of benzene rings is 2. The van der Waals surface area contributed by atoms with Crippen LogP contribution >= 0.6 is 0 Å². The van der Waals surface area contributed by atoms with E-state index in [9.17, 15) is 5.26 Å². The van der Waals surface area contributed by atoms with Crippen molar-refractivity contribution in [3.05, 3.63) is 46.8 Å². The summed E-state index contributed by atoms with van der Waals surface area (Å²) in [6.45, 7) is 0.126. The van der Waals surface area contributed by atoms with Crippen molar-refractivity contribution in [3.8, 4) is 40.6 Å². The third-order valence-electron chi connectivity index (χ3n) is 4.73. The molecule has 2 aliphatic rings. The summed E-state index contributed by atoms with van der Waals surface area (Å²) < 4.78 is 32.9. The summed E-state index contributed by atoms with van der Waals surface area (Å²) in [4.78, 5) is 0. The molecule has 0 unspecified atom stereocenters. The fourth-order valence-corrected chi connectivity index (χ4v) is 3.46. The first-order valence-electron chi connectivity index (χ1n) is 8.42. The molecule has 0 aromatic heterocycles. The van der Waals surface area contributed by atoms with E-state index < -0.39 is 5.92 Å². The minimum absolute atomic E-state index is 0.0348. The second kappa shape index (κ2) is 6.78. The van der Waals surface area contributed by atoms with Gasteiger partial charge in [-0.25, -0.2) is 0 Å². The molecule has 2 aliphatic heterocycles. The van der Waals surface area contributed by atoms with Crippen LogP contribution in [0.15, 0.2) is 35.7 Å². The van der Waals surface area contributed by atoms with E-state index in [1.165, 1.54) is 21.3 Å². The van der Waals surface area contributed by atoms with Crippen molar-refractivity contribution < 1.29 is 28.4 Å². The molecular formula is C20H18N2O6. The van der Waals surface area contributed by atoms with Crippen LogP contribution in [-0.2, 0) is 0 Å². The number of nitrogens with zero attached hydrogens (tertiary/aromatic N) is 1. The molecule has 144 valence electrons. The first-order chi connectivity index (χ1) is 13.6. The summed E-state index contributed by atoms with van der Waals surface area (Å²) in [7, 11) is 4.60. The Hall–Kier alpha value is -3.73. The van der Waals surface area contributed by atoms with Crippen LogP contribution in [0.3, 0.4) is 0 Å². The van der Waals surface area contributed by atoms with E-state index in [2.05, 4.69) is 6.07 Å². The minimum Gasteiger partial charge on any atom is -0.493 e. The van der Waals surface area contributed by atoms with Gasteiger partial charge in [0.1, 0.15) is 17.4 Å². The van der Waals surface area contributed by atoms with Gasteiger partial charge in [0.25, 0.3) is 0 Å². The maximum atomic E-state index is 9.75. The summed E-state index contributed by atoms with van der Waals surface area (Å²) >= 11 is 0. The highest BCUT2D eigenvalue weighted by molar-refractivity contribution is 5.64. The molecule has 0 radical (unpaired) electrons. The zero-order chi connectivity index (χ0) is 19.8. The lowest BCUT2D eigenvalue weighted by molar-refractivity contribution is 0.174. The van der Waals surface area contributed by atoms with E-state index in [1.54, 1.807) is 24.3 Å². The number of nitrogens with two attached hydrogens (primary N) is 1. The van der Waals surface area contributed by atoms with Crippen LogP contribution in [0.1, 0.15) is 17.0 Å². The van der Waals surface area contributed by atoms with E-state index in [0.29, 0.717) is 34.5 Å². The Morgan fingerprint density at radius 3 is 2.18 bits per heavy atom. The van der Waals surface area contributed by atoms with Gasteiger partial charge in [-0.15, -0.1) is 0 Å². The SMILES string of the molecule is COc1cc([C@H]2C(C#N)=C(N)Oc3cc4c(cc32)OCO4)cc(OC)c1OC. The first kappa shape index (κ1) is 17.7. The van der Waals surface area contributed by atoms with Crippen molar-refractivity contribution in [3.63, 3.8) is 0 Å². The van der Waals surface area contributed by atoms with Crippen molar-refractivity contribution >= 4 is 0 Å². The topological polar surface area (TPSA) is 105 Å². The Kier molecular flexibility index (Phi) is 4.28. The Balaban J connectivity index is 1.95. The van der Waals surface area contributed by atoms with Crippen LogP contribution in [0.2, 0.25) is 0 Å². The molecule has 0 amide bonds. The number of nitriles is 1. The van der Waals surface area contributed by atoms with Gasteiger partial charge in [0.15, 0.2) is 23.0 Å². The molecule has 2 N–H and O–H groups in total. The number of fused-ring (bicyclic) bond motifs is 2. The smallest absolute Gasteiger partial charge is 0.231 e. The predicted octanol–water partition coefficient (Wildman–Crippen LogP) is 2.66. The third-order valence-corrected chi connectivity index (χ3v) is 4.73. The molecule has 0 aliphatic carbocycles. The summed E-state index contributed by atoms with van der Waals surface area (Å²) in [6.07, 6.45) is 0. The Morgan fingerprint density at radius 2 is 1.61 bits per heavy atom. The Morgan fingerprint density at radius 1 is 0.964 bits per heavy atom. The highest BCUT2D eigenvalue weighted by Crippen LogP contribution is 2.50. The first-order valence-corrected chi connectivity index (χ1v) is 8.42. The highest BCUT2D eigenvalue weighted by Gasteiger charge is 2.34. The Labute approximate surface area is 161 Å². The van der Waals surface area contributed by atoms with E-state index >= 15 is 0 Å². The van der Waals surface area contributed by atoms with E-state index in [1.807, 2.05) is 0 Å². The fourth-order valence-electron chi connectivity index (χ4n) is 3.46. The molecule has 0 saturated carbocycles. The van der Waals surface area contributed by atoms with Crippen molar-refractivity contribution in [1.29, 1.82) is 5.26 Å². The fraction of sp³-hybridized carbons (Fsp3) is 0.250. The van der Waals surface area contributed by atoms with Gasteiger partial charge in [-0.3, -0.25) is 0 Å². The maximum absolute atomic E-state index is 9.75. The van der Waals surface area contributed by atoms with Crippen LogP contribution < -0.4 is 34.2 Å². The van der Waals surface area contributed by atoms with Crippen molar-refractivity contribution in [2.45, 2.75) is 5.92 Å². The molecule has 2 aromatic carbocycles. The number of hydrogen-bond acceptors (Lipinski definition) is 8. The van der Waals surface area contributed by atoms with Gasteiger partial charge in [0.05, 0.1) is 27.2 Å². The normalized spacial score (nSPS) is 16.7. The largest absolute Gasteiger partial charge is 0.493 e. The molecule has 0 fully saturated rings. The molecule has 2 heterocycles. The molecule has 4 rings (SSSR count). The van der Waals surface area contributed by atoms with Gasteiger partial charge in [0.2, 0.25) is 18.4 Å². The van der Waals surface area contributed by atoms with Gasteiger partial charge in [-0.05, 0) is 23.8 Å². The van der Waals surface area contributed by atoms with E-state index in [-0.39, 0.29) is 18.2 Å². The molecule has 0 bridgehead atoms. The van der Waals surface area contributed by atoms with Gasteiger partial charge in [0, 0.05) is 11.6 Å². The lowest BCUT2D eigenvalue weighted by Crippen LogP contribution is -2.21. The zero-order valence-corrected chi connectivity index (χ0v) is 15.6. The number of hydrogen-bond donors (Lipinski definition) is 1. The van der Waals surface area contributed by atoms with Crippen molar-refractivity contribution in [2.24, 2.45) is 5.73 Å². The van der Waals surface area contributed by atoms with Crippen LogP contribution in [0.25, 0.3) is 0 Å². The molecule has 0 saturated heterocycles. The molecule has 1 atom stereocenters. The van der Waals surface area contributed by atoms with Crippen LogP contribution in [0, 0.1) is 11.3 Å². The van der Waals surface area contributed by atoms with Crippen molar-refractivity contribution in [2.75, 3.05) is 28.1 Å². The summed E-state index contributed by atoms with van der Waals surface area (Å²) in [5, 5.41) is 9.75. The monoisotopic (exact) mass is 382 g/mol. The molecular weight excluding hydrogens is 364 g/mol. The van der Waals surface area contributed by atoms with Crippen molar-refractivity contribution in [1.82, 2.24) is 0 Å². The lowest BCUT2D eigenvalue weighted by atomic mass is 9.83. The number of ether oxygens (including phenoxy) is 6. The predicted molar refractivity (Wildman–Crippen MR) is 98.0 cm³/mol. The quantitative estimate of drug-likeness (QED) is 0.860. The van der Waals surface area contributed by atoms with E-state index in [4.69, 9.17) is 34.2 Å². The second-order valence-electron chi connectivity index (χ2n) is 6.13. The van der Waals surface area contributed by atoms with Crippen LogP contribution in [0.4, 0.5) is 0 Å². The second-order valence-corrected chi connectivity index (χ2v) is 6.13. The van der Waals surface area contributed by atoms with E-state index in [0.717, 1.165) is 11.1 Å². The molecule has 2 aromatic rings. The minimum atomic E-state index is -0.503. The molecule has 8 nitrogen and oxygen atoms in total. The standard InChI is InChI=1S/C20H18N2O6/c1-23-16-4-10(5-17(24-2)19(16)25-3)18-11-6-14-15(27-9-26-14)7-13(11)28-20(22)12(18)8-21/h4-7,18H,9,22H2,1-3H3/t18-/m1/s1. The van der Waals surface area contributed by atoms with Gasteiger partial charge in [-0.1, -0.05) is 0 Å². The number of rotatable bonds is 4. The zero-order valence-electron chi connectivity index (χ0n) is 15.6. The average Bonchev–Trinajstić information content (AvgIpc) is 3.17. The number of allylic oxidation sites excluding steroid dienone is 1. The van der Waals surface area contributed by atoms with Crippen LogP contribution in [-0.4, -0.2) is 28.1 Å². The number of methoxy groups -OCH3 is 3. The summed E-state index contributed by atoms with van der Waals surface area (Å²) in [5.74, 6) is 2.59. The Bertz CT molecular complexity index is 999. The molecule has 28 heavy (non-hydrogen) atoms. The lowest BCUT2D eigenvalue weighted by Gasteiger charge is -2.27. The maximum Gasteiger partial charge on any atom is 0.231 e. The molecule has 0 spiro atoms. The van der Waals surface area contributed by atoms with Gasteiger partial charge < -0.3 is 34.2 Å². The van der Waals surface area contributed by atoms with Gasteiger partial charge >= 0.3 is 0 Å². The summed E-state index contributed by atoms with van der Waals surface area (Å²) in [6, 6.07) is 9.25. The average molecular weight is 382 g/mol. The molecule has 8 heteroatoms. The summed E-state index contributed by atoms with van der Waals surface area (Å²) in [5.41, 5.74) is 7.79. The third kappa shape index (κ3) is 2.60.